The van der Waals surface area contributed by atoms with Crippen molar-refractivity contribution in [1.29, 1.82) is 0 Å². The minimum atomic E-state index is -0.228. The first-order valence-electron chi connectivity index (χ1n) is 9.67. The highest BCUT2D eigenvalue weighted by molar-refractivity contribution is 6.42. The van der Waals surface area contributed by atoms with E-state index in [1.165, 1.54) is 0 Å². The fraction of sp³-hybridized carbons (Fsp3) is 0.364. The van der Waals surface area contributed by atoms with Crippen LogP contribution in [0.15, 0.2) is 42.5 Å². The van der Waals surface area contributed by atoms with Crippen molar-refractivity contribution in [3.05, 3.63) is 63.6 Å². The van der Waals surface area contributed by atoms with Crippen molar-refractivity contribution in [1.82, 2.24) is 9.80 Å². The van der Waals surface area contributed by atoms with Crippen molar-refractivity contribution in [3.8, 4) is 0 Å². The number of hydrogen-bond donors (Lipinski definition) is 1. The van der Waals surface area contributed by atoms with Crippen LogP contribution >= 0.6 is 23.2 Å². The second-order valence-electron chi connectivity index (χ2n) is 6.96. The largest absolute Gasteiger partial charge is 0.339 e. The standard InChI is InChI=1S/C22H27Cl2N3O2/c1-5-26(6-2)21(28)17-8-10-18(11-9-17)25-22(29)27(15(3)4)14-16-7-12-19(23)20(24)13-16/h7-13,15H,5-6,14H2,1-4H3,(H,25,29). The highest BCUT2D eigenvalue weighted by Crippen LogP contribution is 2.24. The Morgan fingerprint density at radius 2 is 1.59 bits per heavy atom. The molecule has 2 aromatic rings. The molecule has 156 valence electrons. The fourth-order valence-corrected chi connectivity index (χ4v) is 3.23. The van der Waals surface area contributed by atoms with Crippen LogP contribution in [0.3, 0.4) is 0 Å². The Morgan fingerprint density at radius 1 is 0.966 bits per heavy atom. The number of anilines is 1. The van der Waals surface area contributed by atoms with Gasteiger partial charge in [-0.1, -0.05) is 29.3 Å². The average Bonchev–Trinajstić information content (AvgIpc) is 2.69. The van der Waals surface area contributed by atoms with Crippen molar-refractivity contribution in [3.63, 3.8) is 0 Å². The average molecular weight is 436 g/mol. The summed E-state index contributed by atoms with van der Waals surface area (Å²) in [5.41, 5.74) is 2.12. The zero-order valence-corrected chi connectivity index (χ0v) is 18.7. The van der Waals surface area contributed by atoms with Crippen LogP contribution in [-0.2, 0) is 6.54 Å². The second-order valence-corrected chi connectivity index (χ2v) is 7.77. The van der Waals surface area contributed by atoms with Gasteiger partial charge in [-0.05, 0) is 69.7 Å². The monoisotopic (exact) mass is 435 g/mol. The number of carbonyl (C=O) groups is 2. The number of urea groups is 1. The lowest BCUT2D eigenvalue weighted by atomic mass is 10.1. The van der Waals surface area contributed by atoms with E-state index in [4.69, 9.17) is 23.2 Å². The summed E-state index contributed by atoms with van der Waals surface area (Å²) in [6.07, 6.45) is 0. The van der Waals surface area contributed by atoms with Crippen LogP contribution in [-0.4, -0.2) is 40.9 Å². The molecule has 0 unspecified atom stereocenters. The first-order valence-corrected chi connectivity index (χ1v) is 10.4. The summed E-state index contributed by atoms with van der Waals surface area (Å²) in [4.78, 5) is 28.7. The number of nitrogens with one attached hydrogen (secondary N) is 1. The lowest BCUT2D eigenvalue weighted by Gasteiger charge is -2.27. The number of hydrogen-bond acceptors (Lipinski definition) is 2. The van der Waals surface area contributed by atoms with Crippen molar-refractivity contribution in [2.24, 2.45) is 0 Å². The summed E-state index contributed by atoms with van der Waals surface area (Å²) >= 11 is 12.1. The minimum Gasteiger partial charge on any atom is -0.339 e. The first-order chi connectivity index (χ1) is 13.8. The summed E-state index contributed by atoms with van der Waals surface area (Å²) in [5.74, 6) is -0.0173. The van der Waals surface area contributed by atoms with Crippen LogP contribution in [0.5, 0.6) is 0 Å². The minimum absolute atomic E-state index is 0.0173. The van der Waals surface area contributed by atoms with Gasteiger partial charge in [0.25, 0.3) is 5.91 Å². The summed E-state index contributed by atoms with van der Waals surface area (Å²) in [6, 6.07) is 12.0. The topological polar surface area (TPSA) is 52.7 Å². The van der Waals surface area contributed by atoms with Gasteiger partial charge in [-0.25, -0.2) is 4.79 Å². The summed E-state index contributed by atoms with van der Waals surface area (Å²) in [5, 5.41) is 3.84. The molecule has 0 bridgehead atoms. The van der Waals surface area contributed by atoms with Gasteiger partial charge >= 0.3 is 6.03 Å². The highest BCUT2D eigenvalue weighted by atomic mass is 35.5. The third-order valence-electron chi connectivity index (χ3n) is 4.65. The smallest absolute Gasteiger partial charge is 0.322 e. The second kappa shape index (κ2) is 10.5. The number of benzene rings is 2. The molecule has 2 aromatic carbocycles. The van der Waals surface area contributed by atoms with E-state index in [0.717, 1.165) is 5.56 Å². The van der Waals surface area contributed by atoms with Crippen molar-refractivity contribution in [2.75, 3.05) is 18.4 Å². The number of nitrogens with zero attached hydrogens (tertiary/aromatic N) is 2. The van der Waals surface area contributed by atoms with Gasteiger partial charge in [0.15, 0.2) is 0 Å². The Hall–Kier alpha value is -2.24. The van der Waals surface area contributed by atoms with Gasteiger partial charge in [-0.2, -0.15) is 0 Å². The molecule has 29 heavy (non-hydrogen) atoms. The molecule has 0 atom stereocenters. The molecular weight excluding hydrogens is 409 g/mol. The maximum Gasteiger partial charge on any atom is 0.322 e. The molecule has 0 heterocycles. The number of carbonyl (C=O) groups excluding carboxylic acids is 2. The molecule has 7 heteroatoms. The Morgan fingerprint density at radius 3 is 2.10 bits per heavy atom. The predicted molar refractivity (Wildman–Crippen MR) is 120 cm³/mol. The normalized spacial score (nSPS) is 10.7. The van der Waals surface area contributed by atoms with E-state index in [-0.39, 0.29) is 18.0 Å². The number of rotatable bonds is 7. The zero-order chi connectivity index (χ0) is 21.6. The van der Waals surface area contributed by atoms with Crippen molar-refractivity contribution < 1.29 is 9.59 Å². The fourth-order valence-electron chi connectivity index (χ4n) is 2.91. The molecule has 0 aliphatic rings. The molecule has 0 aliphatic heterocycles. The molecule has 1 N–H and O–H groups in total. The van der Waals surface area contributed by atoms with Crippen LogP contribution in [0.25, 0.3) is 0 Å². The van der Waals surface area contributed by atoms with E-state index in [9.17, 15) is 9.59 Å². The SMILES string of the molecule is CCN(CC)C(=O)c1ccc(NC(=O)N(Cc2ccc(Cl)c(Cl)c2)C(C)C)cc1. The Bertz CT molecular complexity index is 850. The van der Waals surface area contributed by atoms with E-state index < -0.39 is 0 Å². The van der Waals surface area contributed by atoms with Gasteiger partial charge in [0.1, 0.15) is 0 Å². The quantitative estimate of drug-likeness (QED) is 0.586. The molecule has 2 rings (SSSR count). The number of halogens is 2. The number of amides is 3. The van der Waals surface area contributed by atoms with Crippen molar-refractivity contribution in [2.45, 2.75) is 40.3 Å². The molecule has 5 nitrogen and oxygen atoms in total. The van der Waals surface area contributed by atoms with E-state index in [1.807, 2.05) is 33.8 Å². The molecule has 0 aliphatic carbocycles. The Balaban J connectivity index is 2.09. The van der Waals surface area contributed by atoms with Crippen LogP contribution in [0, 0.1) is 0 Å². The van der Waals surface area contributed by atoms with Crippen LogP contribution < -0.4 is 5.32 Å². The van der Waals surface area contributed by atoms with Gasteiger partial charge in [0.05, 0.1) is 10.0 Å². The van der Waals surface area contributed by atoms with Gasteiger partial charge in [-0.15, -0.1) is 0 Å². The Labute approximate surface area is 182 Å². The molecule has 0 saturated carbocycles. The van der Waals surface area contributed by atoms with Gasteiger partial charge in [0, 0.05) is 36.9 Å². The van der Waals surface area contributed by atoms with Crippen LogP contribution in [0.1, 0.15) is 43.6 Å². The summed E-state index contributed by atoms with van der Waals surface area (Å²) in [6.45, 7) is 9.51. The molecule has 3 amide bonds. The van der Waals surface area contributed by atoms with E-state index >= 15 is 0 Å². The Kier molecular flexibility index (Phi) is 8.35. The maximum absolute atomic E-state index is 12.8. The zero-order valence-electron chi connectivity index (χ0n) is 17.2. The lowest BCUT2D eigenvalue weighted by Crippen LogP contribution is -2.39. The van der Waals surface area contributed by atoms with Crippen LogP contribution in [0.4, 0.5) is 10.5 Å². The third kappa shape index (κ3) is 6.12. The van der Waals surface area contributed by atoms with E-state index in [1.54, 1.807) is 46.2 Å². The summed E-state index contributed by atoms with van der Waals surface area (Å²) in [7, 11) is 0. The third-order valence-corrected chi connectivity index (χ3v) is 5.39. The molecular formula is C22H27Cl2N3O2. The predicted octanol–water partition coefficient (Wildman–Crippen LogP) is 5.92. The molecule has 0 saturated heterocycles. The van der Waals surface area contributed by atoms with Gasteiger partial charge in [0.2, 0.25) is 0 Å². The highest BCUT2D eigenvalue weighted by Gasteiger charge is 2.18. The molecule has 0 fully saturated rings. The maximum atomic E-state index is 12.8. The molecule has 0 spiro atoms. The van der Waals surface area contributed by atoms with Gasteiger partial charge in [-0.3, -0.25) is 4.79 Å². The first kappa shape index (κ1) is 23.0. The summed E-state index contributed by atoms with van der Waals surface area (Å²) < 4.78 is 0. The van der Waals surface area contributed by atoms with Gasteiger partial charge < -0.3 is 15.1 Å². The van der Waals surface area contributed by atoms with E-state index in [0.29, 0.717) is 40.9 Å². The molecule has 0 aromatic heterocycles. The van der Waals surface area contributed by atoms with Crippen LogP contribution in [0.2, 0.25) is 10.0 Å². The lowest BCUT2D eigenvalue weighted by molar-refractivity contribution is 0.0773. The van der Waals surface area contributed by atoms with E-state index in [2.05, 4.69) is 5.32 Å². The molecule has 0 radical (unpaired) electrons. The van der Waals surface area contributed by atoms with Crippen molar-refractivity contribution >= 4 is 40.8 Å².